The summed E-state index contributed by atoms with van der Waals surface area (Å²) >= 11 is 5.56. The molecule has 2 nitrogen and oxygen atoms in total. The number of nitrogens with two attached hydrogens (primary N) is 1. The van der Waals surface area contributed by atoms with Gasteiger partial charge in [0.15, 0.2) is 11.6 Å². The van der Waals surface area contributed by atoms with Crippen molar-refractivity contribution in [2.45, 2.75) is 0 Å². The summed E-state index contributed by atoms with van der Waals surface area (Å²) in [6.45, 7) is 0. The second kappa shape index (κ2) is 4.78. The molecular formula is C12H8ClF3N2. The van der Waals surface area contributed by atoms with Gasteiger partial charge in [-0.1, -0.05) is 11.6 Å². The van der Waals surface area contributed by atoms with Crippen LogP contribution in [0.25, 0.3) is 0 Å². The predicted molar refractivity (Wildman–Crippen MR) is 65.5 cm³/mol. The van der Waals surface area contributed by atoms with Gasteiger partial charge in [-0.2, -0.15) is 0 Å². The molecular weight excluding hydrogens is 265 g/mol. The zero-order chi connectivity index (χ0) is 13.3. The Labute approximate surface area is 106 Å². The average Bonchev–Trinajstić information content (AvgIpc) is 2.28. The summed E-state index contributed by atoms with van der Waals surface area (Å²) in [7, 11) is 0. The van der Waals surface area contributed by atoms with Gasteiger partial charge in [-0.15, -0.1) is 0 Å². The number of hydrogen-bond donors (Lipinski definition) is 2. The molecule has 0 unspecified atom stereocenters. The Hall–Kier alpha value is -1.88. The number of nitrogens with one attached hydrogen (secondary N) is 1. The standard InChI is InChI=1S/C12H8ClF3N2/c13-8-5-7(1-2-9(8)14)18-12-10(15)3-6(17)4-11(12)16/h1-5,18H,17H2. The van der Waals surface area contributed by atoms with E-state index in [1.54, 1.807) is 0 Å². The van der Waals surface area contributed by atoms with Crippen molar-refractivity contribution in [3.05, 3.63) is 52.8 Å². The highest BCUT2D eigenvalue weighted by molar-refractivity contribution is 6.31. The molecule has 0 aliphatic heterocycles. The summed E-state index contributed by atoms with van der Waals surface area (Å²) in [4.78, 5) is 0. The van der Waals surface area contributed by atoms with E-state index in [1.807, 2.05) is 0 Å². The van der Waals surface area contributed by atoms with E-state index < -0.39 is 17.5 Å². The van der Waals surface area contributed by atoms with Crippen LogP contribution in [0.2, 0.25) is 5.02 Å². The second-order valence-electron chi connectivity index (χ2n) is 3.61. The minimum Gasteiger partial charge on any atom is -0.399 e. The van der Waals surface area contributed by atoms with E-state index in [4.69, 9.17) is 17.3 Å². The van der Waals surface area contributed by atoms with Crippen LogP contribution in [-0.4, -0.2) is 0 Å². The minimum atomic E-state index is -0.840. The number of halogens is 4. The van der Waals surface area contributed by atoms with Gasteiger partial charge in [-0.25, -0.2) is 13.2 Å². The van der Waals surface area contributed by atoms with Gasteiger partial charge in [0.1, 0.15) is 11.5 Å². The van der Waals surface area contributed by atoms with Gasteiger partial charge in [-0.3, -0.25) is 0 Å². The molecule has 2 aromatic rings. The topological polar surface area (TPSA) is 38.0 Å². The second-order valence-corrected chi connectivity index (χ2v) is 4.02. The molecule has 0 bridgehead atoms. The molecule has 0 atom stereocenters. The molecule has 0 aromatic heterocycles. The van der Waals surface area contributed by atoms with Crippen LogP contribution in [0.4, 0.5) is 30.2 Å². The van der Waals surface area contributed by atoms with E-state index in [9.17, 15) is 13.2 Å². The largest absolute Gasteiger partial charge is 0.399 e. The number of anilines is 3. The lowest BCUT2D eigenvalue weighted by atomic mass is 10.2. The van der Waals surface area contributed by atoms with E-state index >= 15 is 0 Å². The first-order chi connectivity index (χ1) is 8.47. The zero-order valence-corrected chi connectivity index (χ0v) is 9.73. The third kappa shape index (κ3) is 2.51. The van der Waals surface area contributed by atoms with Gasteiger partial charge < -0.3 is 11.1 Å². The maximum absolute atomic E-state index is 13.5. The Morgan fingerprint density at radius 2 is 1.56 bits per heavy atom. The van der Waals surface area contributed by atoms with Crippen LogP contribution in [-0.2, 0) is 0 Å². The summed E-state index contributed by atoms with van der Waals surface area (Å²) in [5.74, 6) is -2.29. The van der Waals surface area contributed by atoms with Crippen LogP contribution >= 0.6 is 11.6 Å². The van der Waals surface area contributed by atoms with Crippen LogP contribution in [0.15, 0.2) is 30.3 Å². The van der Waals surface area contributed by atoms with Crippen molar-refractivity contribution < 1.29 is 13.2 Å². The van der Waals surface area contributed by atoms with Crippen molar-refractivity contribution >= 4 is 28.7 Å². The van der Waals surface area contributed by atoms with Crippen LogP contribution in [0, 0.1) is 17.5 Å². The molecule has 94 valence electrons. The van der Waals surface area contributed by atoms with E-state index in [2.05, 4.69) is 5.32 Å². The molecule has 0 aliphatic carbocycles. The smallest absolute Gasteiger partial charge is 0.151 e. The fraction of sp³-hybridized carbons (Fsp3) is 0. The van der Waals surface area contributed by atoms with Crippen molar-refractivity contribution in [2.75, 3.05) is 11.1 Å². The molecule has 0 spiro atoms. The molecule has 0 amide bonds. The Balaban J connectivity index is 2.37. The van der Waals surface area contributed by atoms with Crippen LogP contribution in [0.3, 0.4) is 0 Å². The van der Waals surface area contributed by atoms with Crippen molar-refractivity contribution in [3.63, 3.8) is 0 Å². The number of hydrogen-bond acceptors (Lipinski definition) is 2. The van der Waals surface area contributed by atoms with Crippen molar-refractivity contribution in [1.82, 2.24) is 0 Å². The predicted octanol–water partition coefficient (Wildman–Crippen LogP) is 4.08. The first kappa shape index (κ1) is 12.6. The van der Waals surface area contributed by atoms with Gasteiger partial charge in [0.25, 0.3) is 0 Å². The summed E-state index contributed by atoms with van der Waals surface area (Å²) in [6.07, 6.45) is 0. The highest BCUT2D eigenvalue weighted by Crippen LogP contribution is 2.27. The number of benzene rings is 2. The monoisotopic (exact) mass is 272 g/mol. The summed E-state index contributed by atoms with van der Waals surface area (Å²) in [5.41, 5.74) is 5.17. The zero-order valence-electron chi connectivity index (χ0n) is 8.98. The lowest BCUT2D eigenvalue weighted by molar-refractivity contribution is 0.592. The molecule has 0 aliphatic rings. The fourth-order valence-electron chi connectivity index (χ4n) is 1.43. The molecule has 0 heterocycles. The fourth-order valence-corrected chi connectivity index (χ4v) is 1.61. The molecule has 0 saturated heterocycles. The van der Waals surface area contributed by atoms with Crippen LogP contribution in [0.5, 0.6) is 0 Å². The molecule has 6 heteroatoms. The first-order valence-electron chi connectivity index (χ1n) is 4.94. The van der Waals surface area contributed by atoms with Crippen molar-refractivity contribution in [3.8, 4) is 0 Å². The molecule has 18 heavy (non-hydrogen) atoms. The van der Waals surface area contributed by atoms with E-state index in [1.165, 1.54) is 12.1 Å². The SMILES string of the molecule is Nc1cc(F)c(Nc2ccc(F)c(Cl)c2)c(F)c1. The molecule has 2 aromatic carbocycles. The maximum Gasteiger partial charge on any atom is 0.151 e. The molecule has 0 fully saturated rings. The summed E-state index contributed by atoms with van der Waals surface area (Å²) in [5, 5.41) is 2.34. The maximum atomic E-state index is 13.5. The van der Waals surface area contributed by atoms with E-state index in [0.717, 1.165) is 18.2 Å². The quantitative estimate of drug-likeness (QED) is 0.808. The summed E-state index contributed by atoms with van der Waals surface area (Å²) in [6, 6.07) is 5.60. The van der Waals surface area contributed by atoms with Crippen LogP contribution < -0.4 is 11.1 Å². The third-order valence-corrected chi connectivity index (χ3v) is 2.54. The lowest BCUT2D eigenvalue weighted by Crippen LogP contribution is -1.99. The highest BCUT2D eigenvalue weighted by atomic mass is 35.5. The van der Waals surface area contributed by atoms with Crippen molar-refractivity contribution in [2.24, 2.45) is 0 Å². The van der Waals surface area contributed by atoms with E-state index in [0.29, 0.717) is 0 Å². The number of nitrogen functional groups attached to an aromatic ring is 1. The van der Waals surface area contributed by atoms with Gasteiger partial charge in [0.2, 0.25) is 0 Å². The summed E-state index contributed by atoms with van der Waals surface area (Å²) < 4.78 is 39.9. The average molecular weight is 273 g/mol. The van der Waals surface area contributed by atoms with Gasteiger partial charge in [0.05, 0.1) is 5.02 Å². The van der Waals surface area contributed by atoms with Crippen LogP contribution in [0.1, 0.15) is 0 Å². The van der Waals surface area contributed by atoms with Crippen molar-refractivity contribution in [1.29, 1.82) is 0 Å². The van der Waals surface area contributed by atoms with Gasteiger partial charge >= 0.3 is 0 Å². The number of rotatable bonds is 2. The first-order valence-corrected chi connectivity index (χ1v) is 5.32. The molecule has 3 N–H and O–H groups in total. The Kier molecular flexibility index (Phi) is 3.34. The third-order valence-electron chi connectivity index (χ3n) is 2.25. The van der Waals surface area contributed by atoms with E-state index in [-0.39, 0.29) is 22.1 Å². The Morgan fingerprint density at radius 3 is 2.11 bits per heavy atom. The molecule has 0 saturated carbocycles. The minimum absolute atomic E-state index is 0.0207. The molecule has 2 rings (SSSR count). The van der Waals surface area contributed by atoms with Gasteiger partial charge in [-0.05, 0) is 30.3 Å². The lowest BCUT2D eigenvalue weighted by Gasteiger charge is -2.10. The molecule has 0 radical (unpaired) electrons. The van der Waals surface area contributed by atoms with Gasteiger partial charge in [0, 0.05) is 11.4 Å². The highest BCUT2D eigenvalue weighted by Gasteiger charge is 2.11. The Bertz CT molecular complexity index is 579. The Morgan fingerprint density at radius 1 is 0.944 bits per heavy atom. The normalized spacial score (nSPS) is 10.4.